The molecule has 0 radical (unpaired) electrons. The Hall–Kier alpha value is -2.89. The van der Waals surface area contributed by atoms with Crippen LogP contribution in [0, 0.1) is 0 Å². The van der Waals surface area contributed by atoms with Gasteiger partial charge in [-0.05, 0) is 32.4 Å². The van der Waals surface area contributed by atoms with Crippen LogP contribution < -0.4 is 10.2 Å². The SMILES string of the molecule is C=CCN(CC=C)C(=O)C(C)NC(=O)CN1C(=O)C(C)(C)c2ccccc21. The molecule has 0 spiro atoms. The van der Waals surface area contributed by atoms with Crippen molar-refractivity contribution in [2.45, 2.75) is 32.2 Å². The van der Waals surface area contributed by atoms with Crippen molar-refractivity contribution in [3.05, 3.63) is 55.1 Å². The maximum absolute atomic E-state index is 12.8. The Kier molecular flexibility index (Phi) is 6.20. The van der Waals surface area contributed by atoms with Crippen LogP contribution in [0.2, 0.25) is 0 Å². The van der Waals surface area contributed by atoms with E-state index in [1.165, 1.54) is 4.90 Å². The Morgan fingerprint density at radius 2 is 1.81 bits per heavy atom. The molecule has 3 amide bonds. The zero-order valence-electron chi connectivity index (χ0n) is 16.2. The first-order chi connectivity index (χ1) is 12.7. The third-order valence-electron chi connectivity index (χ3n) is 4.71. The summed E-state index contributed by atoms with van der Waals surface area (Å²) in [4.78, 5) is 40.8. The van der Waals surface area contributed by atoms with E-state index in [4.69, 9.17) is 0 Å². The van der Waals surface area contributed by atoms with Crippen LogP contribution in [0.5, 0.6) is 0 Å². The number of hydrogen-bond donors (Lipinski definition) is 1. The summed E-state index contributed by atoms with van der Waals surface area (Å²) in [5.41, 5.74) is 0.958. The lowest BCUT2D eigenvalue weighted by atomic mass is 9.86. The zero-order chi connectivity index (χ0) is 20.2. The second kappa shape index (κ2) is 8.20. The minimum absolute atomic E-state index is 0.125. The third kappa shape index (κ3) is 4.10. The van der Waals surface area contributed by atoms with Gasteiger partial charge in [-0.3, -0.25) is 14.4 Å². The molecule has 1 atom stereocenters. The van der Waals surface area contributed by atoms with E-state index in [2.05, 4.69) is 18.5 Å². The summed E-state index contributed by atoms with van der Waals surface area (Å²) < 4.78 is 0. The maximum atomic E-state index is 12.8. The Morgan fingerprint density at radius 1 is 1.22 bits per heavy atom. The maximum Gasteiger partial charge on any atom is 0.245 e. The normalized spacial score (nSPS) is 15.7. The second-order valence-electron chi connectivity index (χ2n) is 7.14. The Bertz CT molecular complexity index is 760. The van der Waals surface area contributed by atoms with Crippen molar-refractivity contribution in [2.75, 3.05) is 24.5 Å². The van der Waals surface area contributed by atoms with E-state index < -0.39 is 11.5 Å². The van der Waals surface area contributed by atoms with Crippen LogP contribution in [-0.4, -0.2) is 48.3 Å². The average molecular weight is 369 g/mol. The minimum atomic E-state index is -0.710. The monoisotopic (exact) mass is 369 g/mol. The van der Waals surface area contributed by atoms with E-state index in [9.17, 15) is 14.4 Å². The molecule has 1 heterocycles. The van der Waals surface area contributed by atoms with Gasteiger partial charge < -0.3 is 15.1 Å². The van der Waals surface area contributed by atoms with Crippen LogP contribution >= 0.6 is 0 Å². The molecule has 6 nitrogen and oxygen atoms in total. The molecule has 144 valence electrons. The zero-order valence-corrected chi connectivity index (χ0v) is 16.2. The molecule has 1 aromatic rings. The van der Waals surface area contributed by atoms with Gasteiger partial charge in [-0.15, -0.1) is 13.2 Å². The van der Waals surface area contributed by atoms with E-state index >= 15 is 0 Å². The molecule has 1 N–H and O–H groups in total. The number of nitrogens with zero attached hydrogens (tertiary/aromatic N) is 2. The van der Waals surface area contributed by atoms with Gasteiger partial charge in [-0.2, -0.15) is 0 Å². The smallest absolute Gasteiger partial charge is 0.245 e. The Morgan fingerprint density at radius 3 is 2.41 bits per heavy atom. The number of anilines is 1. The van der Waals surface area contributed by atoms with Gasteiger partial charge in [-0.1, -0.05) is 30.4 Å². The first-order valence-electron chi connectivity index (χ1n) is 8.95. The van der Waals surface area contributed by atoms with E-state index in [-0.39, 0.29) is 24.3 Å². The number of nitrogens with one attached hydrogen (secondary N) is 1. The van der Waals surface area contributed by atoms with Crippen LogP contribution in [0.25, 0.3) is 0 Å². The first-order valence-corrected chi connectivity index (χ1v) is 8.95. The fraction of sp³-hybridized carbons (Fsp3) is 0.381. The summed E-state index contributed by atoms with van der Waals surface area (Å²) in [6, 6.07) is 6.75. The van der Waals surface area contributed by atoms with Gasteiger partial charge in [0.1, 0.15) is 12.6 Å². The molecule has 0 aromatic heterocycles. The molecule has 1 aliphatic heterocycles. The van der Waals surface area contributed by atoms with Crippen LogP contribution in [-0.2, 0) is 19.8 Å². The lowest BCUT2D eigenvalue weighted by Crippen LogP contribution is -2.50. The lowest BCUT2D eigenvalue weighted by Gasteiger charge is -2.25. The molecule has 1 aliphatic rings. The third-order valence-corrected chi connectivity index (χ3v) is 4.71. The minimum Gasteiger partial charge on any atom is -0.343 e. The summed E-state index contributed by atoms with van der Waals surface area (Å²) in [5.74, 6) is -0.733. The van der Waals surface area contributed by atoms with Gasteiger partial charge in [0.25, 0.3) is 0 Å². The van der Waals surface area contributed by atoms with E-state index in [0.29, 0.717) is 13.1 Å². The molecule has 1 unspecified atom stereocenters. The van der Waals surface area contributed by atoms with Crippen molar-refractivity contribution in [3.63, 3.8) is 0 Å². The van der Waals surface area contributed by atoms with E-state index in [0.717, 1.165) is 11.3 Å². The van der Waals surface area contributed by atoms with Crippen LogP contribution in [0.15, 0.2) is 49.6 Å². The van der Waals surface area contributed by atoms with Crippen molar-refractivity contribution in [2.24, 2.45) is 0 Å². The molecular formula is C21H27N3O3. The standard InChI is InChI=1S/C21H27N3O3/c1-6-12-23(13-7-2)19(26)15(3)22-18(25)14-24-17-11-9-8-10-16(17)21(4,5)20(24)27/h6-11,15H,1-2,12-14H2,3-5H3,(H,22,25). The molecule has 0 saturated heterocycles. The number of rotatable bonds is 8. The van der Waals surface area contributed by atoms with Crippen molar-refractivity contribution < 1.29 is 14.4 Å². The van der Waals surface area contributed by atoms with Crippen LogP contribution in [0.1, 0.15) is 26.3 Å². The van der Waals surface area contributed by atoms with Crippen molar-refractivity contribution >= 4 is 23.4 Å². The molecule has 27 heavy (non-hydrogen) atoms. The topological polar surface area (TPSA) is 69.7 Å². The van der Waals surface area contributed by atoms with Gasteiger partial charge in [0, 0.05) is 18.8 Å². The lowest BCUT2D eigenvalue weighted by molar-refractivity contribution is -0.135. The summed E-state index contributed by atoms with van der Waals surface area (Å²) in [6.07, 6.45) is 3.25. The molecule has 0 bridgehead atoms. The number of carbonyl (C=O) groups excluding carboxylic acids is 3. The largest absolute Gasteiger partial charge is 0.343 e. The van der Waals surface area contributed by atoms with E-state index in [1.54, 1.807) is 24.0 Å². The Labute approximate surface area is 160 Å². The number of carbonyl (C=O) groups is 3. The highest BCUT2D eigenvalue weighted by molar-refractivity contribution is 6.10. The number of benzene rings is 1. The van der Waals surface area contributed by atoms with Crippen molar-refractivity contribution in [1.29, 1.82) is 0 Å². The number of para-hydroxylation sites is 1. The van der Waals surface area contributed by atoms with Gasteiger partial charge >= 0.3 is 0 Å². The summed E-state index contributed by atoms with van der Waals surface area (Å²) >= 11 is 0. The highest BCUT2D eigenvalue weighted by Crippen LogP contribution is 2.40. The molecular weight excluding hydrogens is 342 g/mol. The van der Waals surface area contributed by atoms with Gasteiger partial charge in [0.15, 0.2) is 0 Å². The van der Waals surface area contributed by atoms with Gasteiger partial charge in [-0.25, -0.2) is 0 Å². The molecule has 6 heteroatoms. The number of amides is 3. The van der Waals surface area contributed by atoms with Gasteiger partial charge in [0.05, 0.1) is 5.41 Å². The number of hydrogen-bond acceptors (Lipinski definition) is 3. The first kappa shape index (κ1) is 20.4. The fourth-order valence-corrected chi connectivity index (χ4v) is 3.29. The average Bonchev–Trinajstić information content (AvgIpc) is 2.82. The quantitative estimate of drug-likeness (QED) is 0.713. The van der Waals surface area contributed by atoms with Crippen LogP contribution in [0.4, 0.5) is 5.69 Å². The molecule has 1 aromatic carbocycles. The molecule has 0 saturated carbocycles. The summed E-state index contributed by atoms with van der Waals surface area (Å²) in [7, 11) is 0. The predicted molar refractivity (Wildman–Crippen MR) is 106 cm³/mol. The highest BCUT2D eigenvalue weighted by Gasteiger charge is 2.44. The van der Waals surface area contributed by atoms with Crippen molar-refractivity contribution in [1.82, 2.24) is 10.2 Å². The fourth-order valence-electron chi connectivity index (χ4n) is 3.29. The highest BCUT2D eigenvalue weighted by atomic mass is 16.2. The Balaban J connectivity index is 2.07. The molecule has 0 fully saturated rings. The van der Waals surface area contributed by atoms with Gasteiger partial charge in [0.2, 0.25) is 17.7 Å². The van der Waals surface area contributed by atoms with Crippen molar-refractivity contribution in [3.8, 4) is 0 Å². The predicted octanol–water partition coefficient (Wildman–Crippen LogP) is 2.02. The van der Waals surface area contributed by atoms with E-state index in [1.807, 2.05) is 38.1 Å². The second-order valence-corrected chi connectivity index (χ2v) is 7.14. The number of fused-ring (bicyclic) bond motifs is 1. The van der Waals surface area contributed by atoms with Crippen LogP contribution in [0.3, 0.4) is 0 Å². The molecule has 2 rings (SSSR count). The summed E-state index contributed by atoms with van der Waals surface area (Å²) in [5, 5.41) is 2.69. The summed E-state index contributed by atoms with van der Waals surface area (Å²) in [6.45, 7) is 13.2. The molecule has 0 aliphatic carbocycles.